The molecule has 4 heterocycles. The highest BCUT2D eigenvalue weighted by molar-refractivity contribution is 7.26. The molecule has 0 atom stereocenters. The standard InChI is InChI=1S/C58H34N2S3/c1-2-12-35(13-3-1)58-59-50(39-15-10-14-38(28-39)43-19-11-20-47-44-16-4-9-23-54(44)63-57(43)47)34-51(60-58)42-30-40(36-24-26-55-48(32-36)45-17-5-7-21-52(45)61-55)29-41(31-42)37-25-27-56-49(33-37)46-18-6-8-22-53(46)62-56/h1-34H. The molecule has 4 aromatic heterocycles. The van der Waals surface area contributed by atoms with Crippen LogP contribution in [0.2, 0.25) is 0 Å². The Morgan fingerprint density at radius 2 is 0.714 bits per heavy atom. The van der Waals surface area contributed by atoms with Crippen molar-refractivity contribution in [3.05, 3.63) is 206 Å². The van der Waals surface area contributed by atoms with E-state index in [1.165, 1.54) is 82.8 Å². The average molecular weight is 855 g/mol. The number of thiophene rings is 3. The molecule has 63 heavy (non-hydrogen) atoms. The van der Waals surface area contributed by atoms with Gasteiger partial charge < -0.3 is 0 Å². The summed E-state index contributed by atoms with van der Waals surface area (Å²) in [6.07, 6.45) is 0. The maximum atomic E-state index is 5.37. The van der Waals surface area contributed by atoms with Crippen LogP contribution in [0.25, 0.3) is 128 Å². The van der Waals surface area contributed by atoms with Gasteiger partial charge in [0.1, 0.15) is 0 Å². The van der Waals surface area contributed by atoms with Crippen LogP contribution in [-0.4, -0.2) is 9.97 Å². The Kier molecular flexibility index (Phi) is 8.48. The van der Waals surface area contributed by atoms with Crippen LogP contribution >= 0.6 is 34.0 Å². The lowest BCUT2D eigenvalue weighted by atomic mass is 9.93. The molecule has 9 aromatic carbocycles. The van der Waals surface area contributed by atoms with E-state index in [4.69, 9.17) is 9.97 Å². The molecule has 294 valence electrons. The van der Waals surface area contributed by atoms with Crippen molar-refractivity contribution in [3.8, 4) is 67.3 Å². The Labute approximate surface area is 375 Å². The molecule has 0 aliphatic rings. The van der Waals surface area contributed by atoms with Gasteiger partial charge in [-0.25, -0.2) is 9.97 Å². The van der Waals surface area contributed by atoms with Gasteiger partial charge in [0.15, 0.2) is 5.82 Å². The summed E-state index contributed by atoms with van der Waals surface area (Å²) in [5, 5.41) is 7.76. The lowest BCUT2D eigenvalue weighted by Gasteiger charge is -2.14. The van der Waals surface area contributed by atoms with E-state index in [1.54, 1.807) is 0 Å². The molecule has 0 fully saturated rings. The maximum Gasteiger partial charge on any atom is 0.160 e. The average Bonchev–Trinajstić information content (AvgIpc) is 4.05. The number of fused-ring (bicyclic) bond motifs is 9. The molecule has 0 saturated heterocycles. The van der Waals surface area contributed by atoms with Gasteiger partial charge in [-0.2, -0.15) is 0 Å². The molecule has 13 rings (SSSR count). The molecule has 5 heteroatoms. The van der Waals surface area contributed by atoms with Crippen molar-refractivity contribution in [2.75, 3.05) is 0 Å². The molecule has 0 radical (unpaired) electrons. The van der Waals surface area contributed by atoms with Crippen LogP contribution < -0.4 is 0 Å². The van der Waals surface area contributed by atoms with Crippen LogP contribution in [0.1, 0.15) is 0 Å². The minimum atomic E-state index is 0.699. The fourth-order valence-electron chi connectivity index (χ4n) is 9.20. The molecule has 0 amide bonds. The Morgan fingerprint density at radius 1 is 0.254 bits per heavy atom. The van der Waals surface area contributed by atoms with Gasteiger partial charge >= 0.3 is 0 Å². The lowest BCUT2D eigenvalue weighted by molar-refractivity contribution is 1.18. The van der Waals surface area contributed by atoms with Crippen molar-refractivity contribution in [2.45, 2.75) is 0 Å². The molecule has 0 unspecified atom stereocenters. The van der Waals surface area contributed by atoms with E-state index in [9.17, 15) is 0 Å². The minimum absolute atomic E-state index is 0.699. The molecular weight excluding hydrogens is 821 g/mol. The number of hydrogen-bond donors (Lipinski definition) is 0. The van der Waals surface area contributed by atoms with Crippen LogP contribution in [0.5, 0.6) is 0 Å². The van der Waals surface area contributed by atoms with Gasteiger partial charge in [0.05, 0.1) is 11.4 Å². The summed E-state index contributed by atoms with van der Waals surface area (Å²) in [4.78, 5) is 10.7. The summed E-state index contributed by atoms with van der Waals surface area (Å²) < 4.78 is 7.81. The second-order valence-corrected chi connectivity index (χ2v) is 19.3. The highest BCUT2D eigenvalue weighted by Gasteiger charge is 2.17. The highest BCUT2D eigenvalue weighted by atomic mass is 32.1. The van der Waals surface area contributed by atoms with E-state index in [0.717, 1.165) is 39.2 Å². The molecular formula is C58H34N2S3. The first kappa shape index (κ1) is 36.4. The van der Waals surface area contributed by atoms with Crippen molar-refractivity contribution in [3.63, 3.8) is 0 Å². The number of hydrogen-bond acceptors (Lipinski definition) is 5. The Hall–Kier alpha value is -7.28. The molecule has 0 bridgehead atoms. The predicted molar refractivity (Wildman–Crippen MR) is 273 cm³/mol. The summed E-state index contributed by atoms with van der Waals surface area (Å²) in [6.45, 7) is 0. The molecule has 13 aromatic rings. The molecule has 2 nitrogen and oxygen atoms in total. The predicted octanol–water partition coefficient (Wildman–Crippen LogP) is 17.6. The quantitative estimate of drug-likeness (QED) is 0.167. The zero-order valence-electron chi connectivity index (χ0n) is 33.7. The Morgan fingerprint density at radius 3 is 1.37 bits per heavy atom. The van der Waals surface area contributed by atoms with E-state index in [2.05, 4.69) is 200 Å². The molecule has 0 N–H and O–H groups in total. The topological polar surface area (TPSA) is 25.8 Å². The van der Waals surface area contributed by atoms with Crippen molar-refractivity contribution < 1.29 is 0 Å². The van der Waals surface area contributed by atoms with Gasteiger partial charge in [-0.1, -0.05) is 133 Å². The highest BCUT2D eigenvalue weighted by Crippen LogP contribution is 2.43. The SMILES string of the molecule is c1ccc(-c2nc(-c3cc(-c4ccc5sc6ccccc6c5c4)cc(-c4ccc5sc6ccccc6c5c4)c3)cc(-c3cccc(-c4cccc5c4sc4ccccc45)c3)n2)cc1. The van der Waals surface area contributed by atoms with Crippen LogP contribution in [0.4, 0.5) is 0 Å². The molecule has 0 saturated carbocycles. The van der Waals surface area contributed by atoms with E-state index in [-0.39, 0.29) is 0 Å². The third-order valence-corrected chi connectivity index (χ3v) is 15.8. The second-order valence-electron chi connectivity index (χ2n) is 16.1. The first-order chi connectivity index (χ1) is 31.2. The van der Waals surface area contributed by atoms with E-state index in [1.807, 2.05) is 40.1 Å². The van der Waals surface area contributed by atoms with Crippen LogP contribution in [-0.2, 0) is 0 Å². The smallest absolute Gasteiger partial charge is 0.160 e. The van der Waals surface area contributed by atoms with E-state index >= 15 is 0 Å². The van der Waals surface area contributed by atoms with Crippen LogP contribution in [0.15, 0.2) is 206 Å². The summed E-state index contributed by atoms with van der Waals surface area (Å²) in [6, 6.07) is 75.1. The molecule has 0 spiro atoms. The van der Waals surface area contributed by atoms with Crippen molar-refractivity contribution >= 4 is 94.5 Å². The van der Waals surface area contributed by atoms with Gasteiger partial charge in [0.2, 0.25) is 0 Å². The fraction of sp³-hybridized carbons (Fsp3) is 0. The third kappa shape index (κ3) is 6.27. The second kappa shape index (κ2) is 14.7. The summed E-state index contributed by atoms with van der Waals surface area (Å²) in [5.41, 5.74) is 11.9. The first-order valence-electron chi connectivity index (χ1n) is 21.1. The van der Waals surface area contributed by atoms with Crippen LogP contribution in [0.3, 0.4) is 0 Å². The summed E-state index contributed by atoms with van der Waals surface area (Å²) >= 11 is 5.57. The maximum absolute atomic E-state index is 5.37. The van der Waals surface area contributed by atoms with Gasteiger partial charge in [0, 0.05) is 77.2 Å². The molecule has 0 aliphatic heterocycles. The van der Waals surface area contributed by atoms with E-state index < -0.39 is 0 Å². The van der Waals surface area contributed by atoms with Gasteiger partial charge in [-0.05, 0) is 106 Å². The number of benzene rings is 9. The van der Waals surface area contributed by atoms with E-state index in [0.29, 0.717) is 5.82 Å². The number of rotatable bonds is 6. The van der Waals surface area contributed by atoms with Crippen molar-refractivity contribution in [1.82, 2.24) is 9.97 Å². The van der Waals surface area contributed by atoms with Crippen molar-refractivity contribution in [1.29, 1.82) is 0 Å². The van der Waals surface area contributed by atoms with Gasteiger partial charge in [-0.3, -0.25) is 0 Å². The number of aromatic nitrogens is 2. The van der Waals surface area contributed by atoms with Crippen molar-refractivity contribution in [2.24, 2.45) is 0 Å². The number of nitrogens with zero attached hydrogens (tertiary/aromatic N) is 2. The van der Waals surface area contributed by atoms with Gasteiger partial charge in [0.25, 0.3) is 0 Å². The Balaban J connectivity index is 1.01. The lowest BCUT2D eigenvalue weighted by Crippen LogP contribution is -1.97. The minimum Gasteiger partial charge on any atom is -0.228 e. The first-order valence-corrected chi connectivity index (χ1v) is 23.6. The van der Waals surface area contributed by atoms with Gasteiger partial charge in [-0.15, -0.1) is 34.0 Å². The fourth-order valence-corrected chi connectivity index (χ4v) is 12.6. The third-order valence-electron chi connectivity index (χ3n) is 12.3. The normalized spacial score (nSPS) is 11.8. The zero-order valence-corrected chi connectivity index (χ0v) is 36.2. The summed E-state index contributed by atoms with van der Waals surface area (Å²) in [5.74, 6) is 0.699. The zero-order chi connectivity index (χ0) is 41.4. The molecule has 0 aliphatic carbocycles. The largest absolute Gasteiger partial charge is 0.228 e. The monoisotopic (exact) mass is 854 g/mol. The Bertz CT molecular complexity index is 3800. The van der Waals surface area contributed by atoms with Crippen LogP contribution in [0, 0.1) is 0 Å². The summed E-state index contributed by atoms with van der Waals surface area (Å²) in [7, 11) is 0.